The van der Waals surface area contributed by atoms with Gasteiger partial charge in [-0.25, -0.2) is 4.79 Å². The predicted octanol–water partition coefficient (Wildman–Crippen LogP) is 1.97. The molecular weight excluding hydrogens is 258 g/mol. The van der Waals surface area contributed by atoms with Crippen LogP contribution in [0.2, 0.25) is 0 Å². The summed E-state index contributed by atoms with van der Waals surface area (Å²) in [6, 6.07) is 0. The van der Waals surface area contributed by atoms with Crippen LogP contribution in [0.1, 0.15) is 47.5 Å². The Balaban J connectivity index is 2.14. The first-order chi connectivity index (χ1) is 8.92. The maximum absolute atomic E-state index is 12.2. The number of nitrogens with zero attached hydrogens (tertiary/aromatic N) is 1. The second-order valence-electron chi connectivity index (χ2n) is 7.97. The van der Waals surface area contributed by atoms with Gasteiger partial charge in [-0.1, -0.05) is 13.8 Å². The summed E-state index contributed by atoms with van der Waals surface area (Å²) in [4.78, 5) is 13.8. The van der Waals surface area contributed by atoms with E-state index in [1.165, 1.54) is 0 Å². The number of amides is 1. The number of carbonyl (C=O) groups excluding carboxylic acids is 1. The van der Waals surface area contributed by atoms with Crippen molar-refractivity contribution < 1.29 is 19.7 Å². The standard InChI is InChI=1S/C15H27NO4/c1-13(2,3)20-12(17)16-8-10-11(9-16)15(18,19)7-6-14(10,4)5/h10-11,18-19H,6-9H2,1-5H3. The molecule has 0 bridgehead atoms. The lowest BCUT2D eigenvalue weighted by Gasteiger charge is -2.46. The average molecular weight is 285 g/mol. The summed E-state index contributed by atoms with van der Waals surface area (Å²) in [7, 11) is 0. The van der Waals surface area contributed by atoms with Gasteiger partial charge in [-0.05, 0) is 38.5 Å². The van der Waals surface area contributed by atoms with Gasteiger partial charge in [-0.2, -0.15) is 0 Å². The van der Waals surface area contributed by atoms with E-state index in [0.717, 1.165) is 6.42 Å². The SMILES string of the molecule is CC(C)(C)OC(=O)N1CC2C(C1)C(O)(O)CCC2(C)C. The summed E-state index contributed by atoms with van der Waals surface area (Å²) in [5.74, 6) is -1.87. The molecule has 2 unspecified atom stereocenters. The molecule has 0 aromatic rings. The molecule has 1 heterocycles. The van der Waals surface area contributed by atoms with E-state index in [0.29, 0.717) is 19.5 Å². The van der Waals surface area contributed by atoms with Gasteiger partial charge in [0.25, 0.3) is 0 Å². The van der Waals surface area contributed by atoms with Gasteiger partial charge in [0, 0.05) is 25.4 Å². The van der Waals surface area contributed by atoms with Crippen molar-refractivity contribution in [2.24, 2.45) is 17.3 Å². The quantitative estimate of drug-likeness (QED) is 0.668. The van der Waals surface area contributed by atoms with E-state index in [1.54, 1.807) is 4.90 Å². The van der Waals surface area contributed by atoms with Gasteiger partial charge < -0.3 is 19.8 Å². The fourth-order valence-corrected chi connectivity index (χ4v) is 3.42. The highest BCUT2D eigenvalue weighted by atomic mass is 16.6. The molecule has 0 aromatic heterocycles. The van der Waals surface area contributed by atoms with E-state index < -0.39 is 11.4 Å². The van der Waals surface area contributed by atoms with Crippen molar-refractivity contribution in [3.8, 4) is 0 Å². The number of aliphatic hydroxyl groups is 2. The molecule has 1 saturated carbocycles. The van der Waals surface area contributed by atoms with Crippen molar-refractivity contribution in [2.75, 3.05) is 13.1 Å². The number of likely N-dealkylation sites (tertiary alicyclic amines) is 1. The fourth-order valence-electron chi connectivity index (χ4n) is 3.42. The van der Waals surface area contributed by atoms with Crippen molar-refractivity contribution in [1.82, 2.24) is 4.90 Å². The molecule has 0 aromatic carbocycles. The van der Waals surface area contributed by atoms with Gasteiger partial charge in [0.15, 0.2) is 5.79 Å². The first-order valence-electron chi connectivity index (χ1n) is 7.35. The third-order valence-corrected chi connectivity index (χ3v) is 4.71. The van der Waals surface area contributed by atoms with Gasteiger partial charge >= 0.3 is 6.09 Å². The van der Waals surface area contributed by atoms with Crippen LogP contribution in [0.3, 0.4) is 0 Å². The molecule has 1 aliphatic carbocycles. The largest absolute Gasteiger partial charge is 0.444 e. The van der Waals surface area contributed by atoms with Gasteiger partial charge in [0.1, 0.15) is 5.60 Å². The van der Waals surface area contributed by atoms with Crippen LogP contribution in [-0.2, 0) is 4.74 Å². The maximum atomic E-state index is 12.2. The van der Waals surface area contributed by atoms with Crippen molar-refractivity contribution in [2.45, 2.75) is 58.8 Å². The highest BCUT2D eigenvalue weighted by molar-refractivity contribution is 5.68. The number of fused-ring (bicyclic) bond motifs is 1. The minimum Gasteiger partial charge on any atom is -0.444 e. The zero-order valence-electron chi connectivity index (χ0n) is 13.1. The zero-order chi connectivity index (χ0) is 15.3. The minimum absolute atomic E-state index is 0.0103. The number of ether oxygens (including phenoxy) is 1. The van der Waals surface area contributed by atoms with E-state index in [2.05, 4.69) is 13.8 Å². The summed E-state index contributed by atoms with van der Waals surface area (Å²) in [5, 5.41) is 20.4. The van der Waals surface area contributed by atoms with Crippen LogP contribution in [0, 0.1) is 17.3 Å². The molecule has 1 saturated heterocycles. The molecular formula is C15H27NO4. The minimum atomic E-state index is -1.67. The van der Waals surface area contributed by atoms with Crippen LogP contribution < -0.4 is 0 Å². The maximum Gasteiger partial charge on any atom is 0.410 e. The number of hydrogen-bond acceptors (Lipinski definition) is 4. The van der Waals surface area contributed by atoms with E-state index in [9.17, 15) is 15.0 Å². The lowest BCUT2D eigenvalue weighted by Crippen LogP contribution is -2.50. The van der Waals surface area contributed by atoms with Crippen molar-refractivity contribution in [3.05, 3.63) is 0 Å². The number of carbonyl (C=O) groups is 1. The van der Waals surface area contributed by atoms with E-state index in [1.807, 2.05) is 20.8 Å². The third-order valence-electron chi connectivity index (χ3n) is 4.71. The molecule has 2 N–H and O–H groups in total. The van der Waals surface area contributed by atoms with E-state index in [-0.39, 0.29) is 23.3 Å². The summed E-state index contributed by atoms with van der Waals surface area (Å²) < 4.78 is 5.39. The van der Waals surface area contributed by atoms with Gasteiger partial charge in [0.2, 0.25) is 0 Å². The molecule has 5 nitrogen and oxygen atoms in total. The fraction of sp³-hybridized carbons (Fsp3) is 0.933. The Morgan fingerprint density at radius 2 is 1.70 bits per heavy atom. The number of hydrogen-bond donors (Lipinski definition) is 2. The Hall–Kier alpha value is -0.810. The second-order valence-corrected chi connectivity index (χ2v) is 7.97. The average Bonchev–Trinajstić information content (AvgIpc) is 2.69. The van der Waals surface area contributed by atoms with Gasteiger partial charge in [-0.3, -0.25) is 0 Å². The molecule has 116 valence electrons. The Kier molecular flexibility index (Phi) is 3.58. The molecule has 0 radical (unpaired) electrons. The highest BCUT2D eigenvalue weighted by Gasteiger charge is 2.55. The first-order valence-corrected chi connectivity index (χ1v) is 7.35. The molecule has 2 aliphatic rings. The smallest absolute Gasteiger partial charge is 0.410 e. The summed E-state index contributed by atoms with van der Waals surface area (Å²) >= 11 is 0. The monoisotopic (exact) mass is 285 g/mol. The Morgan fingerprint density at radius 3 is 2.20 bits per heavy atom. The van der Waals surface area contributed by atoms with Crippen molar-refractivity contribution in [1.29, 1.82) is 0 Å². The summed E-state index contributed by atoms with van der Waals surface area (Å²) in [6.07, 6.45) is 0.755. The Bertz CT molecular complexity index is 373. The van der Waals surface area contributed by atoms with Crippen LogP contribution in [-0.4, -0.2) is 45.7 Å². The number of rotatable bonds is 0. The lowest BCUT2D eigenvalue weighted by molar-refractivity contribution is -0.238. The molecule has 1 aliphatic heterocycles. The van der Waals surface area contributed by atoms with E-state index in [4.69, 9.17) is 4.74 Å². The molecule has 2 atom stereocenters. The zero-order valence-corrected chi connectivity index (χ0v) is 13.1. The Labute approximate surface area is 120 Å². The topological polar surface area (TPSA) is 70.0 Å². The van der Waals surface area contributed by atoms with Gasteiger partial charge in [0.05, 0.1) is 0 Å². The molecule has 2 rings (SSSR count). The van der Waals surface area contributed by atoms with E-state index >= 15 is 0 Å². The second kappa shape index (κ2) is 4.60. The summed E-state index contributed by atoms with van der Waals surface area (Å²) in [6.45, 7) is 10.7. The molecule has 0 spiro atoms. The highest BCUT2D eigenvalue weighted by Crippen LogP contribution is 2.51. The molecule has 1 amide bonds. The molecule has 2 fully saturated rings. The van der Waals surface area contributed by atoms with Crippen molar-refractivity contribution >= 4 is 6.09 Å². The van der Waals surface area contributed by atoms with Crippen LogP contribution in [0.5, 0.6) is 0 Å². The van der Waals surface area contributed by atoms with Crippen molar-refractivity contribution in [3.63, 3.8) is 0 Å². The van der Waals surface area contributed by atoms with Crippen LogP contribution >= 0.6 is 0 Å². The third kappa shape index (κ3) is 2.93. The van der Waals surface area contributed by atoms with Gasteiger partial charge in [-0.15, -0.1) is 0 Å². The normalized spacial score (nSPS) is 31.9. The molecule has 5 heteroatoms. The van der Waals surface area contributed by atoms with Crippen LogP contribution in [0.25, 0.3) is 0 Å². The predicted molar refractivity (Wildman–Crippen MR) is 75.0 cm³/mol. The molecule has 20 heavy (non-hydrogen) atoms. The van der Waals surface area contributed by atoms with Crippen LogP contribution in [0.4, 0.5) is 4.79 Å². The lowest BCUT2D eigenvalue weighted by atomic mass is 9.62. The first kappa shape index (κ1) is 15.6. The Morgan fingerprint density at radius 1 is 1.15 bits per heavy atom. The summed E-state index contributed by atoms with van der Waals surface area (Å²) in [5.41, 5.74) is -0.522. The van der Waals surface area contributed by atoms with Crippen LogP contribution in [0.15, 0.2) is 0 Å².